The van der Waals surface area contributed by atoms with Crippen LogP contribution in [0.5, 0.6) is 0 Å². The van der Waals surface area contributed by atoms with E-state index in [1.807, 2.05) is 12.1 Å². The molecule has 0 bridgehead atoms. The summed E-state index contributed by atoms with van der Waals surface area (Å²) < 4.78 is 37.2. The van der Waals surface area contributed by atoms with Crippen molar-refractivity contribution >= 4 is 38.1 Å². The van der Waals surface area contributed by atoms with Gasteiger partial charge in [0.15, 0.2) is 0 Å². The van der Waals surface area contributed by atoms with Gasteiger partial charge in [0, 0.05) is 22.3 Å². The second kappa shape index (κ2) is 8.06. The highest BCUT2D eigenvalue weighted by molar-refractivity contribution is 8.00. The standard InChI is InChI=1S/C18H14F3N4PS/c19-18(20,21)27-14-7-3-11(4-8-14)15-9-10-23-17(25-15)24-13-5-1-12(2-6-13)16(22)26/h1-10,22H,26H2,(H,23,24,25). The van der Waals surface area contributed by atoms with Crippen LogP contribution >= 0.6 is 21.0 Å². The lowest BCUT2D eigenvalue weighted by molar-refractivity contribution is -0.0328. The van der Waals surface area contributed by atoms with E-state index in [9.17, 15) is 13.2 Å². The van der Waals surface area contributed by atoms with Crippen LogP contribution in [-0.2, 0) is 0 Å². The molecular weight excluding hydrogens is 392 g/mol. The number of nitrogens with zero attached hydrogens (tertiary/aromatic N) is 2. The molecule has 0 radical (unpaired) electrons. The number of thioether (sulfide) groups is 1. The first-order valence-electron chi connectivity index (χ1n) is 7.71. The molecule has 2 N–H and O–H groups in total. The van der Waals surface area contributed by atoms with Crippen molar-refractivity contribution in [3.8, 4) is 11.3 Å². The summed E-state index contributed by atoms with van der Waals surface area (Å²) in [4.78, 5) is 8.69. The van der Waals surface area contributed by atoms with Crippen LogP contribution in [0, 0.1) is 5.41 Å². The van der Waals surface area contributed by atoms with Gasteiger partial charge in [-0.1, -0.05) is 33.5 Å². The molecule has 3 rings (SSSR count). The van der Waals surface area contributed by atoms with Crippen LogP contribution in [0.1, 0.15) is 5.56 Å². The molecule has 2 aromatic carbocycles. The third kappa shape index (κ3) is 5.52. The molecule has 0 saturated heterocycles. The first kappa shape index (κ1) is 19.3. The molecule has 3 aromatic rings. The molecule has 0 spiro atoms. The zero-order valence-corrected chi connectivity index (χ0v) is 15.8. The molecule has 0 aliphatic rings. The van der Waals surface area contributed by atoms with Crippen molar-refractivity contribution in [3.05, 3.63) is 66.4 Å². The van der Waals surface area contributed by atoms with Crippen LogP contribution in [0.4, 0.5) is 24.8 Å². The smallest absolute Gasteiger partial charge is 0.324 e. The number of halogens is 3. The Morgan fingerprint density at radius 1 is 1.00 bits per heavy atom. The largest absolute Gasteiger partial charge is 0.446 e. The van der Waals surface area contributed by atoms with Crippen LogP contribution < -0.4 is 5.32 Å². The normalized spacial score (nSPS) is 11.3. The molecular formula is C18H14F3N4PS. The van der Waals surface area contributed by atoms with Gasteiger partial charge in [-0.05, 0) is 47.7 Å². The van der Waals surface area contributed by atoms with E-state index >= 15 is 0 Å². The Labute approximate surface area is 160 Å². The molecule has 4 nitrogen and oxygen atoms in total. The maximum atomic E-state index is 12.4. The minimum Gasteiger partial charge on any atom is -0.324 e. The van der Waals surface area contributed by atoms with Gasteiger partial charge in [-0.2, -0.15) is 13.2 Å². The molecule has 1 atom stereocenters. The van der Waals surface area contributed by atoms with E-state index in [4.69, 9.17) is 5.41 Å². The Balaban J connectivity index is 1.76. The van der Waals surface area contributed by atoms with E-state index in [-0.39, 0.29) is 16.7 Å². The van der Waals surface area contributed by atoms with Gasteiger partial charge >= 0.3 is 5.51 Å². The molecule has 27 heavy (non-hydrogen) atoms. The van der Waals surface area contributed by atoms with Crippen LogP contribution in [0.3, 0.4) is 0 Å². The van der Waals surface area contributed by atoms with E-state index < -0.39 is 5.51 Å². The van der Waals surface area contributed by atoms with Crippen molar-refractivity contribution in [2.24, 2.45) is 0 Å². The average Bonchev–Trinajstić information content (AvgIpc) is 2.62. The Morgan fingerprint density at radius 3 is 2.26 bits per heavy atom. The van der Waals surface area contributed by atoms with Gasteiger partial charge in [-0.15, -0.1) is 0 Å². The lowest BCUT2D eigenvalue weighted by Crippen LogP contribution is -1.99. The van der Waals surface area contributed by atoms with Gasteiger partial charge in [0.1, 0.15) is 0 Å². The number of nitrogens with one attached hydrogen (secondary N) is 2. The summed E-state index contributed by atoms with van der Waals surface area (Å²) in [6.07, 6.45) is 1.58. The van der Waals surface area contributed by atoms with Crippen molar-refractivity contribution in [1.82, 2.24) is 9.97 Å². The maximum Gasteiger partial charge on any atom is 0.446 e. The van der Waals surface area contributed by atoms with Gasteiger partial charge in [-0.25, -0.2) is 9.97 Å². The quantitative estimate of drug-likeness (QED) is 0.324. The van der Waals surface area contributed by atoms with E-state index in [2.05, 4.69) is 24.5 Å². The lowest BCUT2D eigenvalue weighted by Gasteiger charge is -2.08. The fraction of sp³-hybridized carbons (Fsp3) is 0.0556. The first-order valence-corrected chi connectivity index (χ1v) is 9.10. The second-order valence-corrected chi connectivity index (χ2v) is 7.17. The highest BCUT2D eigenvalue weighted by Crippen LogP contribution is 2.37. The van der Waals surface area contributed by atoms with Crippen molar-refractivity contribution in [2.45, 2.75) is 10.4 Å². The Hall–Kier alpha value is -2.44. The van der Waals surface area contributed by atoms with Crippen LogP contribution in [0.2, 0.25) is 0 Å². The fourth-order valence-electron chi connectivity index (χ4n) is 2.27. The van der Waals surface area contributed by atoms with Gasteiger partial charge in [-0.3, -0.25) is 0 Å². The van der Waals surface area contributed by atoms with Crippen molar-refractivity contribution < 1.29 is 13.2 Å². The van der Waals surface area contributed by atoms with E-state index in [0.29, 0.717) is 22.7 Å². The zero-order chi connectivity index (χ0) is 19.4. The summed E-state index contributed by atoms with van der Waals surface area (Å²) in [7, 11) is 2.33. The van der Waals surface area contributed by atoms with Crippen molar-refractivity contribution in [3.63, 3.8) is 0 Å². The molecule has 0 saturated carbocycles. The monoisotopic (exact) mass is 406 g/mol. The summed E-state index contributed by atoms with van der Waals surface area (Å²) in [5, 5.41) is 10.6. The summed E-state index contributed by atoms with van der Waals surface area (Å²) >= 11 is -0.149. The summed E-state index contributed by atoms with van der Waals surface area (Å²) in [5.41, 5.74) is -1.07. The highest BCUT2D eigenvalue weighted by Gasteiger charge is 2.29. The molecule has 0 amide bonds. The summed E-state index contributed by atoms with van der Waals surface area (Å²) in [6, 6.07) is 14.9. The topological polar surface area (TPSA) is 61.7 Å². The van der Waals surface area contributed by atoms with Gasteiger partial charge in [0.2, 0.25) is 5.95 Å². The van der Waals surface area contributed by atoms with E-state index in [1.165, 1.54) is 12.1 Å². The number of hydrogen-bond donors (Lipinski definition) is 2. The molecule has 1 heterocycles. The van der Waals surface area contributed by atoms with Crippen LogP contribution in [-0.4, -0.2) is 20.9 Å². The lowest BCUT2D eigenvalue weighted by atomic mass is 10.1. The SMILES string of the molecule is N=C(P)c1ccc(Nc2nccc(-c3ccc(SC(F)(F)F)cc3)n2)cc1. The van der Waals surface area contributed by atoms with Crippen molar-refractivity contribution in [2.75, 3.05) is 5.32 Å². The molecule has 0 aliphatic heterocycles. The van der Waals surface area contributed by atoms with Crippen LogP contribution in [0.25, 0.3) is 11.3 Å². The molecule has 1 unspecified atom stereocenters. The number of benzene rings is 2. The predicted octanol–water partition coefficient (Wildman–Crippen LogP) is 5.70. The Kier molecular flexibility index (Phi) is 5.77. The Bertz CT molecular complexity index is 944. The number of aromatic nitrogens is 2. The zero-order valence-electron chi connectivity index (χ0n) is 13.8. The van der Waals surface area contributed by atoms with Gasteiger partial charge in [0.25, 0.3) is 0 Å². The second-order valence-electron chi connectivity index (χ2n) is 5.45. The van der Waals surface area contributed by atoms with E-state index in [1.54, 1.807) is 36.5 Å². The molecule has 9 heteroatoms. The minimum absolute atomic E-state index is 0.124. The number of hydrogen-bond acceptors (Lipinski definition) is 5. The van der Waals surface area contributed by atoms with Gasteiger partial charge in [0.05, 0.1) is 11.1 Å². The summed E-state index contributed by atoms with van der Waals surface area (Å²) in [5.74, 6) is 0.370. The summed E-state index contributed by atoms with van der Waals surface area (Å²) in [6.45, 7) is 0. The number of rotatable bonds is 5. The molecule has 0 fully saturated rings. The predicted molar refractivity (Wildman–Crippen MR) is 106 cm³/mol. The molecule has 1 aromatic heterocycles. The van der Waals surface area contributed by atoms with E-state index in [0.717, 1.165) is 11.3 Å². The van der Waals surface area contributed by atoms with Crippen LogP contribution in [0.15, 0.2) is 65.7 Å². The van der Waals surface area contributed by atoms with Crippen molar-refractivity contribution in [1.29, 1.82) is 5.41 Å². The Morgan fingerprint density at radius 2 is 1.67 bits per heavy atom. The third-order valence-corrected chi connectivity index (χ3v) is 4.56. The highest BCUT2D eigenvalue weighted by atomic mass is 32.2. The average molecular weight is 406 g/mol. The van der Waals surface area contributed by atoms with Gasteiger partial charge < -0.3 is 10.7 Å². The minimum atomic E-state index is -4.31. The maximum absolute atomic E-state index is 12.4. The number of anilines is 2. The number of alkyl halides is 3. The molecule has 138 valence electrons. The third-order valence-electron chi connectivity index (χ3n) is 3.49. The molecule has 0 aliphatic carbocycles. The fourth-order valence-corrected chi connectivity index (χ4v) is 3.00. The first-order chi connectivity index (χ1) is 12.8.